The van der Waals surface area contributed by atoms with Gasteiger partial charge in [0.25, 0.3) is 0 Å². The van der Waals surface area contributed by atoms with Crippen molar-refractivity contribution in [3.05, 3.63) is 29.8 Å². The first-order valence-corrected chi connectivity index (χ1v) is 4.98. The summed E-state index contributed by atoms with van der Waals surface area (Å²) in [7, 11) is 1.49. The zero-order valence-electron chi connectivity index (χ0n) is 7.38. The molecule has 0 unspecified atom stereocenters. The molecule has 0 aliphatic heterocycles. The number of hydrogen-bond acceptors (Lipinski definition) is 2. The molecule has 0 amide bonds. The highest BCUT2D eigenvalue weighted by Gasteiger charge is 2.33. The normalized spacial score (nSPS) is 13.8. The van der Waals surface area contributed by atoms with Crippen molar-refractivity contribution in [1.29, 1.82) is 0 Å². The molecule has 0 saturated heterocycles. The second-order valence-corrected chi connectivity index (χ2v) is 5.06. The van der Waals surface area contributed by atoms with Crippen molar-refractivity contribution < 1.29 is 9.84 Å². The Bertz CT molecular complexity index is 309. The second-order valence-electron chi connectivity index (χ2n) is 2.69. The molecular weight excluding hydrogens is 246 g/mol. The number of aliphatic hydroxyl groups excluding tert-OH is 1. The highest BCUT2D eigenvalue weighted by Crippen LogP contribution is 2.42. The van der Waals surface area contributed by atoms with Crippen LogP contribution in [-0.2, 0) is 0 Å². The number of halogens is 3. The fourth-order valence-corrected chi connectivity index (χ4v) is 1.42. The van der Waals surface area contributed by atoms with Gasteiger partial charge in [-0.3, -0.25) is 0 Å². The Morgan fingerprint density at radius 3 is 2.36 bits per heavy atom. The maximum Gasteiger partial charge on any atom is 0.220 e. The number of aliphatic hydroxyl groups is 1. The Hall–Kier alpha value is -0.150. The van der Waals surface area contributed by atoms with E-state index in [1.54, 1.807) is 24.3 Å². The molecule has 0 saturated carbocycles. The Morgan fingerprint density at radius 1 is 1.29 bits per heavy atom. The third kappa shape index (κ3) is 2.67. The first-order valence-electron chi connectivity index (χ1n) is 3.84. The van der Waals surface area contributed by atoms with Crippen molar-refractivity contribution in [2.75, 3.05) is 7.11 Å². The lowest BCUT2D eigenvalue weighted by Gasteiger charge is -2.20. The Kier molecular flexibility index (Phi) is 3.90. The van der Waals surface area contributed by atoms with Crippen LogP contribution in [0.15, 0.2) is 24.3 Å². The monoisotopic (exact) mass is 254 g/mol. The minimum Gasteiger partial charge on any atom is -0.496 e. The fourth-order valence-electron chi connectivity index (χ4n) is 1.07. The minimum absolute atomic E-state index is 0.454. The van der Waals surface area contributed by atoms with Crippen molar-refractivity contribution in [3.8, 4) is 5.75 Å². The lowest BCUT2D eigenvalue weighted by Crippen LogP contribution is -2.17. The zero-order valence-corrected chi connectivity index (χ0v) is 9.64. The van der Waals surface area contributed by atoms with E-state index in [0.29, 0.717) is 11.3 Å². The summed E-state index contributed by atoms with van der Waals surface area (Å²) < 4.78 is 3.27. The van der Waals surface area contributed by atoms with Gasteiger partial charge in [-0.2, -0.15) is 0 Å². The fraction of sp³-hybridized carbons (Fsp3) is 0.333. The standard InChI is InChI=1S/C9H9Cl3O2/c1-14-7-5-3-2-4-6(7)8(13)9(10,11)12/h2-5,8,13H,1H3/t8-/m1/s1. The smallest absolute Gasteiger partial charge is 0.220 e. The van der Waals surface area contributed by atoms with Crippen LogP contribution >= 0.6 is 34.8 Å². The molecule has 1 aromatic rings. The van der Waals surface area contributed by atoms with E-state index >= 15 is 0 Å². The second kappa shape index (κ2) is 4.58. The minimum atomic E-state index is -1.76. The molecule has 0 fully saturated rings. The van der Waals surface area contributed by atoms with Gasteiger partial charge in [-0.05, 0) is 6.07 Å². The third-order valence-corrected chi connectivity index (χ3v) is 2.36. The van der Waals surface area contributed by atoms with Gasteiger partial charge in [0.15, 0.2) is 0 Å². The van der Waals surface area contributed by atoms with E-state index in [0.717, 1.165) is 0 Å². The molecule has 1 aromatic carbocycles. The van der Waals surface area contributed by atoms with Crippen molar-refractivity contribution >= 4 is 34.8 Å². The quantitative estimate of drug-likeness (QED) is 0.823. The molecule has 0 aliphatic carbocycles. The number of rotatable bonds is 2. The van der Waals surface area contributed by atoms with Crippen LogP contribution in [-0.4, -0.2) is 16.0 Å². The van der Waals surface area contributed by atoms with Crippen LogP contribution in [0.1, 0.15) is 11.7 Å². The summed E-state index contributed by atoms with van der Waals surface area (Å²) in [6, 6.07) is 6.84. The van der Waals surface area contributed by atoms with E-state index in [2.05, 4.69) is 0 Å². The molecule has 78 valence electrons. The molecule has 0 radical (unpaired) electrons. The number of para-hydroxylation sites is 1. The molecule has 0 aromatic heterocycles. The van der Waals surface area contributed by atoms with E-state index in [4.69, 9.17) is 39.5 Å². The van der Waals surface area contributed by atoms with Crippen LogP contribution in [0.25, 0.3) is 0 Å². The molecule has 0 spiro atoms. The summed E-state index contributed by atoms with van der Waals surface area (Å²) in [5, 5.41) is 9.69. The van der Waals surface area contributed by atoms with Crippen LogP contribution in [0.3, 0.4) is 0 Å². The van der Waals surface area contributed by atoms with Crippen LogP contribution < -0.4 is 4.74 Å². The topological polar surface area (TPSA) is 29.5 Å². The lowest BCUT2D eigenvalue weighted by atomic mass is 10.1. The van der Waals surface area contributed by atoms with Gasteiger partial charge in [0.2, 0.25) is 3.79 Å². The van der Waals surface area contributed by atoms with Gasteiger partial charge in [-0.15, -0.1) is 0 Å². The van der Waals surface area contributed by atoms with Crippen LogP contribution in [0.5, 0.6) is 5.75 Å². The average Bonchev–Trinajstić information content (AvgIpc) is 2.15. The summed E-state index contributed by atoms with van der Waals surface area (Å²) in [5.74, 6) is 0.492. The Balaban J connectivity index is 3.06. The number of benzene rings is 1. The SMILES string of the molecule is COc1ccccc1[C@@H](O)C(Cl)(Cl)Cl. The molecule has 1 atom stereocenters. The predicted octanol–water partition coefficient (Wildman–Crippen LogP) is 3.10. The first-order chi connectivity index (χ1) is 6.46. The molecule has 0 aliphatic rings. The van der Waals surface area contributed by atoms with Crippen LogP contribution in [0.4, 0.5) is 0 Å². The number of methoxy groups -OCH3 is 1. The van der Waals surface area contributed by atoms with Gasteiger partial charge in [0.1, 0.15) is 11.9 Å². The number of alkyl halides is 3. The van der Waals surface area contributed by atoms with Crippen molar-refractivity contribution in [1.82, 2.24) is 0 Å². The van der Waals surface area contributed by atoms with Crippen molar-refractivity contribution in [2.24, 2.45) is 0 Å². The van der Waals surface area contributed by atoms with Crippen LogP contribution in [0.2, 0.25) is 0 Å². The Labute approximate surface area is 97.3 Å². The van der Waals surface area contributed by atoms with Gasteiger partial charge in [-0.25, -0.2) is 0 Å². The molecule has 0 bridgehead atoms. The van der Waals surface area contributed by atoms with E-state index in [1.165, 1.54) is 7.11 Å². The molecular formula is C9H9Cl3O2. The van der Waals surface area contributed by atoms with Gasteiger partial charge in [0.05, 0.1) is 7.11 Å². The maximum absolute atomic E-state index is 9.69. The number of ether oxygens (including phenoxy) is 1. The molecule has 14 heavy (non-hydrogen) atoms. The summed E-state index contributed by atoms with van der Waals surface area (Å²) in [4.78, 5) is 0. The van der Waals surface area contributed by atoms with E-state index in [-0.39, 0.29) is 0 Å². The average molecular weight is 256 g/mol. The highest BCUT2D eigenvalue weighted by atomic mass is 35.6. The van der Waals surface area contributed by atoms with E-state index < -0.39 is 9.90 Å². The molecule has 2 nitrogen and oxygen atoms in total. The number of hydrogen-bond donors (Lipinski definition) is 1. The van der Waals surface area contributed by atoms with Crippen molar-refractivity contribution in [2.45, 2.75) is 9.90 Å². The summed E-state index contributed by atoms with van der Waals surface area (Å²) in [6.07, 6.45) is -1.20. The van der Waals surface area contributed by atoms with Gasteiger partial charge in [-0.1, -0.05) is 53.0 Å². The third-order valence-electron chi connectivity index (χ3n) is 1.74. The van der Waals surface area contributed by atoms with E-state index in [1.807, 2.05) is 0 Å². The van der Waals surface area contributed by atoms with Crippen molar-refractivity contribution in [3.63, 3.8) is 0 Å². The molecule has 5 heteroatoms. The first kappa shape index (κ1) is 11.9. The van der Waals surface area contributed by atoms with Gasteiger partial charge in [0, 0.05) is 5.56 Å². The van der Waals surface area contributed by atoms with Gasteiger partial charge >= 0.3 is 0 Å². The summed E-state index contributed by atoms with van der Waals surface area (Å²) in [5.41, 5.74) is 0.454. The molecule has 1 rings (SSSR count). The maximum atomic E-state index is 9.69. The Morgan fingerprint density at radius 2 is 1.86 bits per heavy atom. The lowest BCUT2D eigenvalue weighted by molar-refractivity contribution is 0.178. The van der Waals surface area contributed by atoms with Gasteiger partial charge < -0.3 is 9.84 Å². The molecule has 0 heterocycles. The molecule has 1 N–H and O–H groups in total. The van der Waals surface area contributed by atoms with Crippen LogP contribution in [0, 0.1) is 0 Å². The summed E-state index contributed by atoms with van der Waals surface area (Å²) in [6.45, 7) is 0. The zero-order chi connectivity index (χ0) is 10.8. The highest BCUT2D eigenvalue weighted by molar-refractivity contribution is 6.68. The predicted molar refractivity (Wildman–Crippen MR) is 58.2 cm³/mol. The largest absolute Gasteiger partial charge is 0.496 e. The summed E-state index contributed by atoms with van der Waals surface area (Å²) >= 11 is 16.7. The van der Waals surface area contributed by atoms with E-state index in [9.17, 15) is 5.11 Å².